The molecule has 0 aromatic rings. The number of alkyl halides is 1. The minimum absolute atomic E-state index is 0.210. The molecule has 1 aliphatic heterocycles. The predicted octanol–water partition coefficient (Wildman–Crippen LogP) is 3.48. The molecule has 0 unspecified atom stereocenters. The van der Waals surface area contributed by atoms with Gasteiger partial charge in [-0.15, -0.1) is 0 Å². The monoisotopic (exact) mass is 304 g/mol. The van der Waals surface area contributed by atoms with Crippen molar-refractivity contribution in [2.24, 2.45) is 0 Å². The molecule has 100 valence electrons. The van der Waals surface area contributed by atoms with E-state index in [1.54, 1.807) is 4.90 Å². The third-order valence-corrected chi connectivity index (χ3v) is 3.92. The van der Waals surface area contributed by atoms with E-state index < -0.39 is 0 Å². The molecule has 3 nitrogen and oxygen atoms in total. The van der Waals surface area contributed by atoms with Crippen molar-refractivity contribution in [3.05, 3.63) is 0 Å². The summed E-state index contributed by atoms with van der Waals surface area (Å²) in [4.78, 5) is 15.4. The van der Waals surface area contributed by atoms with Crippen LogP contribution < -0.4 is 0 Å². The summed E-state index contributed by atoms with van der Waals surface area (Å²) in [5.41, 5.74) is 0. The van der Waals surface area contributed by atoms with E-state index in [2.05, 4.69) is 15.9 Å². The number of urea groups is 1. The lowest BCUT2D eigenvalue weighted by atomic mass is 10.1. The topological polar surface area (TPSA) is 23.6 Å². The Morgan fingerprint density at radius 1 is 1.00 bits per heavy atom. The van der Waals surface area contributed by atoms with Gasteiger partial charge in [-0.2, -0.15) is 0 Å². The van der Waals surface area contributed by atoms with E-state index in [-0.39, 0.29) is 6.03 Å². The first-order chi connectivity index (χ1) is 8.25. The van der Waals surface area contributed by atoms with Gasteiger partial charge in [0, 0.05) is 32.0 Å². The van der Waals surface area contributed by atoms with Gasteiger partial charge in [0.25, 0.3) is 0 Å². The van der Waals surface area contributed by atoms with Crippen molar-refractivity contribution >= 4 is 22.0 Å². The fourth-order valence-corrected chi connectivity index (χ4v) is 2.59. The van der Waals surface area contributed by atoms with Crippen LogP contribution in [0, 0.1) is 0 Å². The van der Waals surface area contributed by atoms with Gasteiger partial charge in [0.15, 0.2) is 0 Å². The van der Waals surface area contributed by atoms with Crippen molar-refractivity contribution in [2.45, 2.75) is 44.9 Å². The maximum Gasteiger partial charge on any atom is 0.319 e. The summed E-state index contributed by atoms with van der Waals surface area (Å²) in [7, 11) is 1.88. The molecule has 0 aliphatic carbocycles. The zero-order valence-corrected chi connectivity index (χ0v) is 12.5. The number of rotatable bonds is 9. The van der Waals surface area contributed by atoms with Crippen LogP contribution in [0.2, 0.25) is 0 Å². The van der Waals surface area contributed by atoms with Crippen LogP contribution in [-0.4, -0.2) is 47.8 Å². The van der Waals surface area contributed by atoms with Gasteiger partial charge in [-0.3, -0.25) is 0 Å². The molecule has 0 N–H and O–H groups in total. The van der Waals surface area contributed by atoms with Crippen LogP contribution in [0.3, 0.4) is 0 Å². The van der Waals surface area contributed by atoms with E-state index in [1.807, 2.05) is 11.9 Å². The summed E-state index contributed by atoms with van der Waals surface area (Å²) in [5.74, 6) is 0. The molecule has 1 heterocycles. The number of carbonyl (C=O) groups is 1. The highest BCUT2D eigenvalue weighted by atomic mass is 79.9. The highest BCUT2D eigenvalue weighted by molar-refractivity contribution is 9.09. The standard InChI is InChI=1S/C13H25BrN2O/c1-15-11-12-16(13(15)17)10-8-6-4-2-3-5-7-9-14/h2-12H2,1H3. The van der Waals surface area contributed by atoms with Gasteiger partial charge in [-0.05, 0) is 12.8 Å². The van der Waals surface area contributed by atoms with Crippen LogP contribution in [-0.2, 0) is 0 Å². The Hall–Kier alpha value is -0.250. The Bertz CT molecular complexity index is 223. The number of hydrogen-bond donors (Lipinski definition) is 0. The van der Waals surface area contributed by atoms with Gasteiger partial charge in [-0.1, -0.05) is 48.0 Å². The number of carbonyl (C=O) groups excluding carboxylic acids is 1. The number of halogens is 1. The molecular weight excluding hydrogens is 280 g/mol. The second kappa shape index (κ2) is 8.78. The van der Waals surface area contributed by atoms with E-state index in [0.717, 1.165) is 31.4 Å². The van der Waals surface area contributed by atoms with Gasteiger partial charge in [-0.25, -0.2) is 4.79 Å². The molecule has 1 saturated heterocycles. The first-order valence-electron chi connectivity index (χ1n) is 6.81. The van der Waals surface area contributed by atoms with Gasteiger partial charge in [0.05, 0.1) is 0 Å². The lowest BCUT2D eigenvalue weighted by molar-refractivity contribution is 0.198. The van der Waals surface area contributed by atoms with E-state index in [1.165, 1.54) is 38.5 Å². The van der Waals surface area contributed by atoms with Gasteiger partial charge in [0.1, 0.15) is 0 Å². The van der Waals surface area contributed by atoms with Gasteiger partial charge < -0.3 is 9.80 Å². The van der Waals surface area contributed by atoms with Crippen molar-refractivity contribution in [3.63, 3.8) is 0 Å². The molecule has 2 amide bonds. The quantitative estimate of drug-likeness (QED) is 0.472. The predicted molar refractivity (Wildman–Crippen MR) is 75.7 cm³/mol. The molecule has 0 aromatic heterocycles. The molecule has 0 bridgehead atoms. The maximum atomic E-state index is 11.6. The first kappa shape index (κ1) is 14.8. The average molecular weight is 305 g/mol. The van der Waals surface area contributed by atoms with Crippen LogP contribution in [0.1, 0.15) is 44.9 Å². The van der Waals surface area contributed by atoms with Crippen molar-refractivity contribution in [1.82, 2.24) is 9.80 Å². The summed E-state index contributed by atoms with van der Waals surface area (Å²) in [6, 6.07) is 0.210. The van der Waals surface area contributed by atoms with E-state index >= 15 is 0 Å². The second-order valence-electron chi connectivity index (χ2n) is 4.86. The third-order valence-electron chi connectivity index (χ3n) is 3.36. The van der Waals surface area contributed by atoms with E-state index in [4.69, 9.17) is 0 Å². The number of nitrogens with zero attached hydrogens (tertiary/aromatic N) is 2. The molecule has 1 fully saturated rings. The summed E-state index contributed by atoms with van der Waals surface area (Å²) in [5, 5.41) is 1.14. The highest BCUT2D eigenvalue weighted by Crippen LogP contribution is 2.11. The molecule has 1 rings (SSSR count). The van der Waals surface area contributed by atoms with Crippen LogP contribution in [0.15, 0.2) is 0 Å². The van der Waals surface area contributed by atoms with E-state index in [0.29, 0.717) is 0 Å². The van der Waals surface area contributed by atoms with Crippen molar-refractivity contribution in [2.75, 3.05) is 32.0 Å². The van der Waals surface area contributed by atoms with Crippen LogP contribution >= 0.6 is 15.9 Å². The number of amides is 2. The minimum atomic E-state index is 0.210. The zero-order chi connectivity index (χ0) is 12.5. The molecule has 0 spiro atoms. The van der Waals surface area contributed by atoms with Crippen LogP contribution in [0.25, 0.3) is 0 Å². The summed E-state index contributed by atoms with van der Waals surface area (Å²) >= 11 is 3.45. The third kappa shape index (κ3) is 5.75. The van der Waals surface area contributed by atoms with Crippen LogP contribution in [0.5, 0.6) is 0 Å². The number of hydrogen-bond acceptors (Lipinski definition) is 1. The Morgan fingerprint density at radius 2 is 1.59 bits per heavy atom. The Labute approximate surface area is 114 Å². The SMILES string of the molecule is CN1CCN(CCCCCCCCCBr)C1=O. The molecule has 0 atom stereocenters. The maximum absolute atomic E-state index is 11.6. The lowest BCUT2D eigenvalue weighted by Crippen LogP contribution is -2.30. The Morgan fingerprint density at radius 3 is 2.12 bits per heavy atom. The van der Waals surface area contributed by atoms with Crippen molar-refractivity contribution in [3.8, 4) is 0 Å². The first-order valence-corrected chi connectivity index (χ1v) is 7.94. The average Bonchev–Trinajstić information content (AvgIpc) is 2.64. The van der Waals surface area contributed by atoms with Crippen molar-refractivity contribution in [1.29, 1.82) is 0 Å². The fraction of sp³-hybridized carbons (Fsp3) is 0.923. The molecule has 1 aliphatic rings. The lowest BCUT2D eigenvalue weighted by Gasteiger charge is -2.15. The molecular formula is C13H25BrN2O. The normalized spacial score (nSPS) is 16.0. The summed E-state index contributed by atoms with van der Waals surface area (Å²) in [6.45, 7) is 2.76. The zero-order valence-electron chi connectivity index (χ0n) is 11.0. The van der Waals surface area contributed by atoms with Gasteiger partial charge >= 0.3 is 6.03 Å². The molecule has 0 aromatic carbocycles. The Balaban J connectivity index is 1.89. The van der Waals surface area contributed by atoms with Crippen molar-refractivity contribution < 1.29 is 4.79 Å². The molecule has 0 radical (unpaired) electrons. The molecule has 17 heavy (non-hydrogen) atoms. The molecule has 0 saturated carbocycles. The largest absolute Gasteiger partial charge is 0.326 e. The Kier molecular flexibility index (Phi) is 7.65. The number of unbranched alkanes of at least 4 members (excludes halogenated alkanes) is 6. The molecule has 4 heteroatoms. The summed E-state index contributed by atoms with van der Waals surface area (Å²) < 4.78 is 0. The summed E-state index contributed by atoms with van der Waals surface area (Å²) in [6.07, 6.45) is 9.10. The minimum Gasteiger partial charge on any atom is -0.326 e. The van der Waals surface area contributed by atoms with E-state index in [9.17, 15) is 4.79 Å². The highest BCUT2D eigenvalue weighted by Gasteiger charge is 2.23. The van der Waals surface area contributed by atoms with Gasteiger partial charge in [0.2, 0.25) is 0 Å². The second-order valence-corrected chi connectivity index (χ2v) is 5.65. The smallest absolute Gasteiger partial charge is 0.319 e. The number of likely N-dealkylation sites (N-methyl/N-ethyl adjacent to an activating group) is 1. The fourth-order valence-electron chi connectivity index (χ4n) is 2.19. The van der Waals surface area contributed by atoms with Crippen LogP contribution in [0.4, 0.5) is 4.79 Å².